The van der Waals surface area contributed by atoms with Crippen molar-refractivity contribution in [3.8, 4) is 0 Å². The van der Waals surface area contributed by atoms with Gasteiger partial charge in [-0.05, 0) is 53.5 Å². The van der Waals surface area contributed by atoms with Crippen LogP contribution in [0.4, 0.5) is 4.79 Å². The summed E-state index contributed by atoms with van der Waals surface area (Å²) in [6.45, 7) is 20.7. The molecule has 0 saturated carbocycles. The van der Waals surface area contributed by atoms with E-state index in [0.29, 0.717) is 13.1 Å². The fourth-order valence-electron chi connectivity index (χ4n) is 3.16. The number of hydrogen-bond donors (Lipinski definition) is 0. The first-order chi connectivity index (χ1) is 12.1. The van der Waals surface area contributed by atoms with Crippen LogP contribution in [0.1, 0.15) is 54.9 Å². The molecule has 0 aromatic carbocycles. The molecule has 146 valence electrons. The third-order valence-corrected chi connectivity index (χ3v) is 4.46. The van der Waals surface area contributed by atoms with E-state index in [9.17, 15) is 4.79 Å². The molecule has 0 aromatic heterocycles. The monoisotopic (exact) mass is 361 g/mol. The highest BCUT2D eigenvalue weighted by Crippen LogP contribution is 2.24. The van der Waals surface area contributed by atoms with Gasteiger partial charge in [-0.3, -0.25) is 4.99 Å². The van der Waals surface area contributed by atoms with Crippen molar-refractivity contribution in [2.24, 2.45) is 4.99 Å². The van der Waals surface area contributed by atoms with Gasteiger partial charge < -0.3 is 14.5 Å². The summed E-state index contributed by atoms with van der Waals surface area (Å²) in [6.07, 6.45) is 4.46. The first-order valence-corrected chi connectivity index (χ1v) is 9.39. The maximum absolute atomic E-state index is 12.3. The lowest BCUT2D eigenvalue weighted by Gasteiger charge is -2.38. The van der Waals surface area contributed by atoms with Gasteiger partial charge in [-0.25, -0.2) is 4.79 Å². The average Bonchev–Trinajstić information content (AvgIpc) is 2.57. The highest BCUT2D eigenvalue weighted by atomic mass is 16.6. The topological polar surface area (TPSA) is 45.1 Å². The van der Waals surface area contributed by atoms with Crippen molar-refractivity contribution in [3.63, 3.8) is 0 Å². The van der Waals surface area contributed by atoms with E-state index in [1.807, 2.05) is 27.7 Å². The summed E-state index contributed by atoms with van der Waals surface area (Å²) in [7, 11) is 0. The number of rotatable bonds is 5. The average molecular weight is 362 g/mol. The Morgan fingerprint density at radius 2 is 1.69 bits per heavy atom. The fourth-order valence-corrected chi connectivity index (χ4v) is 3.16. The van der Waals surface area contributed by atoms with E-state index in [1.165, 1.54) is 16.8 Å². The Labute approximate surface area is 159 Å². The van der Waals surface area contributed by atoms with Crippen LogP contribution in [0, 0.1) is 0 Å². The summed E-state index contributed by atoms with van der Waals surface area (Å²) in [6, 6.07) is 0. The van der Waals surface area contributed by atoms with Crippen LogP contribution >= 0.6 is 0 Å². The van der Waals surface area contributed by atoms with Gasteiger partial charge in [0.05, 0.1) is 0 Å². The molecule has 26 heavy (non-hydrogen) atoms. The molecule has 0 bridgehead atoms. The first kappa shape index (κ1) is 22.0. The molecule has 1 heterocycles. The molecule has 1 aliphatic heterocycles. The third kappa shape index (κ3) is 6.04. The Balaban J connectivity index is 2.97. The summed E-state index contributed by atoms with van der Waals surface area (Å²) < 4.78 is 5.48. The minimum Gasteiger partial charge on any atom is -0.444 e. The van der Waals surface area contributed by atoms with Crippen LogP contribution in [0.2, 0.25) is 0 Å². The number of piperazine rings is 1. The van der Waals surface area contributed by atoms with Gasteiger partial charge in [0.15, 0.2) is 0 Å². The van der Waals surface area contributed by atoms with Crippen molar-refractivity contribution in [3.05, 3.63) is 35.7 Å². The Morgan fingerprint density at radius 3 is 2.12 bits per heavy atom. The lowest BCUT2D eigenvalue weighted by molar-refractivity contribution is 0.0168. The van der Waals surface area contributed by atoms with Gasteiger partial charge >= 0.3 is 6.09 Å². The van der Waals surface area contributed by atoms with Crippen LogP contribution in [-0.2, 0) is 4.74 Å². The fraction of sp³-hybridized carbons (Fsp3) is 0.619. The van der Waals surface area contributed by atoms with Crippen molar-refractivity contribution < 1.29 is 9.53 Å². The van der Waals surface area contributed by atoms with E-state index in [0.717, 1.165) is 25.2 Å². The summed E-state index contributed by atoms with van der Waals surface area (Å²) in [5.41, 5.74) is 4.17. The highest BCUT2D eigenvalue weighted by molar-refractivity contribution is 6.03. The zero-order chi connectivity index (χ0) is 19.9. The summed E-state index contributed by atoms with van der Waals surface area (Å²) >= 11 is 0. The lowest BCUT2D eigenvalue weighted by atomic mass is 9.96. The van der Waals surface area contributed by atoms with E-state index < -0.39 is 5.60 Å². The van der Waals surface area contributed by atoms with Crippen LogP contribution in [0.5, 0.6) is 0 Å². The predicted molar refractivity (Wildman–Crippen MR) is 109 cm³/mol. The molecule has 1 rings (SSSR count). The Hall–Kier alpha value is -2.04. The molecular weight excluding hydrogens is 326 g/mol. The second kappa shape index (κ2) is 9.60. The zero-order valence-corrected chi connectivity index (χ0v) is 17.6. The standard InChI is InChI=1S/C21H35N3O2/c1-9-18(10-2)19(16(4)22-11-3)17(5)23-12-14-24(15-13-23)20(25)26-21(6,7)8/h9,11H,3,10,12-15H2,1-2,4-8H3/b18-9-,19-17-,22-16?. The molecule has 1 saturated heterocycles. The Bertz CT molecular complexity index is 597. The van der Waals surface area contributed by atoms with E-state index in [1.54, 1.807) is 11.1 Å². The van der Waals surface area contributed by atoms with Crippen LogP contribution in [0.25, 0.3) is 0 Å². The molecule has 5 heteroatoms. The summed E-state index contributed by atoms with van der Waals surface area (Å²) in [5.74, 6) is 0. The number of allylic oxidation sites excluding steroid dienone is 4. The maximum atomic E-state index is 12.3. The normalized spacial score (nSPS) is 17.8. The number of nitrogens with zero attached hydrogens (tertiary/aromatic N) is 3. The Morgan fingerprint density at radius 1 is 1.15 bits per heavy atom. The summed E-state index contributed by atoms with van der Waals surface area (Å²) in [5, 5.41) is 0. The number of aliphatic imine (C=N–C) groups is 1. The van der Waals surface area contributed by atoms with Gasteiger partial charge in [0.25, 0.3) is 0 Å². The molecule has 1 amide bonds. The Kier molecular flexibility index (Phi) is 8.12. The smallest absolute Gasteiger partial charge is 0.410 e. The van der Waals surface area contributed by atoms with Gasteiger partial charge in [0.1, 0.15) is 5.60 Å². The quantitative estimate of drug-likeness (QED) is 0.523. The largest absolute Gasteiger partial charge is 0.444 e. The molecule has 1 fully saturated rings. The number of carbonyl (C=O) groups excluding carboxylic acids is 1. The number of hydrogen-bond acceptors (Lipinski definition) is 4. The molecule has 0 N–H and O–H groups in total. The van der Waals surface area contributed by atoms with Crippen molar-refractivity contribution >= 4 is 11.8 Å². The van der Waals surface area contributed by atoms with Gasteiger partial charge in [-0.1, -0.05) is 19.6 Å². The van der Waals surface area contributed by atoms with E-state index in [-0.39, 0.29) is 6.09 Å². The van der Waals surface area contributed by atoms with E-state index >= 15 is 0 Å². The maximum Gasteiger partial charge on any atom is 0.410 e. The molecule has 0 atom stereocenters. The molecule has 0 radical (unpaired) electrons. The van der Waals surface area contributed by atoms with Crippen LogP contribution in [0.3, 0.4) is 0 Å². The zero-order valence-electron chi connectivity index (χ0n) is 17.6. The first-order valence-electron chi connectivity index (χ1n) is 9.39. The molecule has 0 aliphatic carbocycles. The third-order valence-electron chi connectivity index (χ3n) is 4.46. The molecule has 1 aliphatic rings. The van der Waals surface area contributed by atoms with Crippen molar-refractivity contribution in [1.82, 2.24) is 9.80 Å². The van der Waals surface area contributed by atoms with Gasteiger partial charge in [-0.15, -0.1) is 0 Å². The number of carbonyl (C=O) groups is 1. The van der Waals surface area contributed by atoms with E-state index in [2.05, 4.69) is 43.3 Å². The number of amides is 1. The van der Waals surface area contributed by atoms with Crippen LogP contribution in [-0.4, -0.2) is 53.4 Å². The minimum absolute atomic E-state index is 0.230. The molecule has 0 unspecified atom stereocenters. The molecule has 5 nitrogen and oxygen atoms in total. The van der Waals surface area contributed by atoms with Crippen LogP contribution in [0.15, 0.2) is 40.7 Å². The van der Waals surface area contributed by atoms with Gasteiger partial charge in [-0.2, -0.15) is 0 Å². The van der Waals surface area contributed by atoms with Gasteiger partial charge in [0.2, 0.25) is 0 Å². The van der Waals surface area contributed by atoms with Crippen molar-refractivity contribution in [2.75, 3.05) is 26.2 Å². The number of ether oxygens (including phenoxy) is 1. The second-order valence-electron chi connectivity index (χ2n) is 7.48. The molecule has 0 spiro atoms. The van der Waals surface area contributed by atoms with Gasteiger partial charge in [0, 0.05) is 49.4 Å². The molecular formula is C21H35N3O2. The second-order valence-corrected chi connectivity index (χ2v) is 7.48. The van der Waals surface area contributed by atoms with E-state index in [4.69, 9.17) is 4.74 Å². The van der Waals surface area contributed by atoms with Crippen molar-refractivity contribution in [1.29, 1.82) is 0 Å². The minimum atomic E-state index is -0.461. The summed E-state index contributed by atoms with van der Waals surface area (Å²) in [4.78, 5) is 20.8. The SMILES string of the molecule is C=CN=C(C)C(/C(=C\C)CC)=C(\C)N1CCN(C(=O)OC(C)(C)C)CC1. The molecule has 0 aromatic rings. The predicted octanol–water partition coefficient (Wildman–Crippen LogP) is 4.77. The highest BCUT2D eigenvalue weighted by Gasteiger charge is 2.27. The lowest BCUT2D eigenvalue weighted by Crippen LogP contribution is -2.49. The van der Waals surface area contributed by atoms with Crippen LogP contribution < -0.4 is 0 Å². The van der Waals surface area contributed by atoms with Crippen molar-refractivity contribution in [2.45, 2.75) is 60.5 Å².